The maximum Gasteiger partial charge on any atom is 0.328 e. The fraction of sp³-hybridized carbons (Fsp3) is 0.600. The maximum atomic E-state index is 14.1. The summed E-state index contributed by atoms with van der Waals surface area (Å²) in [7, 11) is 0. The van der Waals surface area contributed by atoms with Gasteiger partial charge in [-0.3, -0.25) is 14.3 Å². The minimum Gasteiger partial charge on any atom is -0.396 e. The Morgan fingerprint density at radius 1 is 1.62 bits per heavy atom. The lowest BCUT2D eigenvalue weighted by Gasteiger charge is -2.13. The molecule has 0 spiro atoms. The molecule has 1 aromatic rings. The summed E-state index contributed by atoms with van der Waals surface area (Å²) < 4.78 is 15.2. The number of aliphatic hydroxyl groups excluding tert-OH is 1. The van der Waals surface area contributed by atoms with E-state index in [1.165, 1.54) is 12.3 Å². The highest BCUT2D eigenvalue weighted by atomic mass is 19.1. The fourth-order valence-corrected chi connectivity index (χ4v) is 1.86. The van der Waals surface area contributed by atoms with E-state index in [0.717, 1.165) is 4.57 Å². The number of aromatic amines is 1. The quantitative estimate of drug-likeness (QED) is 0.742. The van der Waals surface area contributed by atoms with Crippen LogP contribution in [0.4, 0.5) is 4.39 Å². The third-order valence-electron chi connectivity index (χ3n) is 3.29. The van der Waals surface area contributed by atoms with Gasteiger partial charge in [-0.15, -0.1) is 0 Å². The molecule has 0 aromatic carbocycles. The first-order valence-electron chi connectivity index (χ1n) is 5.00. The van der Waals surface area contributed by atoms with Crippen molar-refractivity contribution in [2.75, 3.05) is 6.61 Å². The van der Waals surface area contributed by atoms with Gasteiger partial charge in [0.15, 0.2) is 0 Å². The third kappa shape index (κ3) is 1.59. The molecule has 2 N–H and O–H groups in total. The van der Waals surface area contributed by atoms with Gasteiger partial charge in [0.2, 0.25) is 0 Å². The van der Waals surface area contributed by atoms with Crippen molar-refractivity contribution in [2.24, 2.45) is 5.41 Å². The molecular weight excluding hydrogens is 215 g/mol. The zero-order valence-electron chi connectivity index (χ0n) is 8.86. The predicted octanol–water partition coefficient (Wildman–Crippen LogP) is -0.353. The Balaban J connectivity index is 2.24. The maximum absolute atomic E-state index is 14.1. The van der Waals surface area contributed by atoms with E-state index in [0.29, 0.717) is 0 Å². The van der Waals surface area contributed by atoms with Crippen LogP contribution in [-0.2, 0) is 6.54 Å². The van der Waals surface area contributed by atoms with E-state index in [9.17, 15) is 14.0 Å². The highest BCUT2D eigenvalue weighted by Crippen LogP contribution is 2.59. The van der Waals surface area contributed by atoms with Gasteiger partial charge in [0.05, 0.1) is 13.2 Å². The summed E-state index contributed by atoms with van der Waals surface area (Å²) in [5.41, 5.74) is -3.47. The lowest BCUT2D eigenvalue weighted by Crippen LogP contribution is -2.33. The number of H-pyrrole nitrogens is 1. The summed E-state index contributed by atoms with van der Waals surface area (Å²) in [4.78, 5) is 24.2. The van der Waals surface area contributed by atoms with E-state index >= 15 is 0 Å². The molecule has 0 amide bonds. The number of nitrogens with one attached hydrogen (secondary N) is 1. The highest BCUT2D eigenvalue weighted by Gasteiger charge is 2.65. The molecule has 1 saturated carbocycles. The van der Waals surface area contributed by atoms with Gasteiger partial charge in [0.25, 0.3) is 5.56 Å². The second-order valence-electron chi connectivity index (χ2n) is 4.60. The number of aromatic nitrogens is 2. The molecule has 2 unspecified atom stereocenters. The smallest absolute Gasteiger partial charge is 0.328 e. The van der Waals surface area contributed by atoms with Crippen molar-refractivity contribution in [1.29, 1.82) is 0 Å². The van der Waals surface area contributed by atoms with Gasteiger partial charge in [-0.1, -0.05) is 6.92 Å². The number of aliphatic hydroxyl groups is 1. The van der Waals surface area contributed by atoms with E-state index in [4.69, 9.17) is 5.11 Å². The van der Waals surface area contributed by atoms with Crippen molar-refractivity contribution in [3.8, 4) is 0 Å². The molecule has 1 aromatic heterocycles. The minimum atomic E-state index is -1.57. The molecule has 0 aliphatic heterocycles. The largest absolute Gasteiger partial charge is 0.396 e. The molecule has 88 valence electrons. The van der Waals surface area contributed by atoms with E-state index in [1.807, 2.05) is 0 Å². The summed E-state index contributed by atoms with van der Waals surface area (Å²) in [5, 5.41) is 9.01. The third-order valence-corrected chi connectivity index (χ3v) is 3.29. The van der Waals surface area contributed by atoms with Crippen LogP contribution < -0.4 is 11.2 Å². The van der Waals surface area contributed by atoms with Gasteiger partial charge < -0.3 is 5.11 Å². The predicted molar refractivity (Wildman–Crippen MR) is 55.0 cm³/mol. The van der Waals surface area contributed by atoms with Crippen LogP contribution >= 0.6 is 0 Å². The molecule has 5 nitrogen and oxygen atoms in total. The Labute approximate surface area is 90.5 Å². The molecule has 0 bridgehead atoms. The van der Waals surface area contributed by atoms with Crippen LogP contribution in [-0.4, -0.2) is 26.9 Å². The summed E-state index contributed by atoms with van der Waals surface area (Å²) in [6.07, 6.45) is 1.49. The molecule has 6 heteroatoms. The normalized spacial score (nSPS) is 32.7. The van der Waals surface area contributed by atoms with E-state index < -0.39 is 22.3 Å². The Morgan fingerprint density at radius 2 is 2.31 bits per heavy atom. The van der Waals surface area contributed by atoms with Gasteiger partial charge in [0.1, 0.15) is 5.67 Å². The van der Waals surface area contributed by atoms with Crippen LogP contribution in [0.25, 0.3) is 0 Å². The summed E-state index contributed by atoms with van der Waals surface area (Å²) in [6, 6.07) is 1.17. The van der Waals surface area contributed by atoms with Crippen LogP contribution in [0.2, 0.25) is 0 Å². The van der Waals surface area contributed by atoms with Gasteiger partial charge in [-0.05, 0) is 6.42 Å². The number of hydrogen-bond acceptors (Lipinski definition) is 3. The molecule has 2 atom stereocenters. The molecule has 1 aliphatic carbocycles. The number of alkyl halides is 1. The summed E-state index contributed by atoms with van der Waals surface area (Å²) >= 11 is 0. The molecular formula is C10H13FN2O3. The fourth-order valence-electron chi connectivity index (χ4n) is 1.86. The first-order valence-corrected chi connectivity index (χ1v) is 5.00. The summed E-state index contributed by atoms with van der Waals surface area (Å²) in [6.45, 7) is 1.24. The summed E-state index contributed by atoms with van der Waals surface area (Å²) in [5.74, 6) is 0. The van der Waals surface area contributed by atoms with Crippen LogP contribution in [0.15, 0.2) is 21.9 Å². The Morgan fingerprint density at radius 3 is 2.81 bits per heavy atom. The number of nitrogens with zero attached hydrogens (tertiary/aromatic N) is 1. The molecule has 0 radical (unpaired) electrons. The molecule has 1 heterocycles. The average Bonchev–Trinajstić information content (AvgIpc) is 2.75. The Hall–Kier alpha value is -1.43. The monoisotopic (exact) mass is 228 g/mol. The van der Waals surface area contributed by atoms with E-state index in [-0.39, 0.29) is 19.6 Å². The average molecular weight is 228 g/mol. The standard InChI is InChI=1S/C10H13FN2O3/c1-9(6-14)4-10(9,11)5-13-3-2-7(15)12-8(13)16/h2-3,14H,4-6H2,1H3,(H,12,15,16). The van der Waals surface area contributed by atoms with E-state index in [1.54, 1.807) is 6.92 Å². The molecule has 0 saturated heterocycles. The van der Waals surface area contributed by atoms with Crippen LogP contribution in [0, 0.1) is 5.41 Å². The SMILES string of the molecule is CC1(CO)CC1(F)Cn1ccc(=O)[nH]c1=O. The minimum absolute atomic E-state index is 0.139. The van der Waals surface area contributed by atoms with Crippen molar-refractivity contribution in [1.82, 2.24) is 9.55 Å². The van der Waals surface area contributed by atoms with Crippen molar-refractivity contribution in [3.63, 3.8) is 0 Å². The van der Waals surface area contributed by atoms with Gasteiger partial charge in [0, 0.05) is 17.7 Å². The zero-order valence-corrected chi connectivity index (χ0v) is 8.86. The number of halogens is 1. The van der Waals surface area contributed by atoms with Gasteiger partial charge in [-0.25, -0.2) is 9.18 Å². The molecule has 16 heavy (non-hydrogen) atoms. The zero-order chi connectivity index (χ0) is 12.0. The van der Waals surface area contributed by atoms with Crippen molar-refractivity contribution in [2.45, 2.75) is 25.6 Å². The van der Waals surface area contributed by atoms with Crippen LogP contribution in [0.5, 0.6) is 0 Å². The molecule has 1 aliphatic rings. The lowest BCUT2D eigenvalue weighted by molar-refractivity contribution is 0.137. The first-order chi connectivity index (χ1) is 7.40. The second-order valence-corrected chi connectivity index (χ2v) is 4.60. The van der Waals surface area contributed by atoms with Gasteiger partial charge >= 0.3 is 5.69 Å². The second kappa shape index (κ2) is 3.28. The number of hydrogen-bond donors (Lipinski definition) is 2. The molecule has 2 rings (SSSR count). The first kappa shape index (κ1) is 11.1. The van der Waals surface area contributed by atoms with E-state index in [2.05, 4.69) is 4.98 Å². The van der Waals surface area contributed by atoms with Gasteiger partial charge in [-0.2, -0.15) is 0 Å². The highest BCUT2D eigenvalue weighted by molar-refractivity contribution is 5.14. The lowest BCUT2D eigenvalue weighted by atomic mass is 10.1. The molecule has 1 fully saturated rings. The topological polar surface area (TPSA) is 75.1 Å². The van der Waals surface area contributed by atoms with Crippen molar-refractivity contribution >= 4 is 0 Å². The Bertz CT molecular complexity index is 523. The van der Waals surface area contributed by atoms with Crippen LogP contribution in [0.3, 0.4) is 0 Å². The number of rotatable bonds is 3. The van der Waals surface area contributed by atoms with Crippen LogP contribution in [0.1, 0.15) is 13.3 Å². The van der Waals surface area contributed by atoms with Crippen molar-refractivity contribution < 1.29 is 9.50 Å². The van der Waals surface area contributed by atoms with Crippen molar-refractivity contribution in [3.05, 3.63) is 33.1 Å². The Kier molecular flexibility index (Phi) is 2.27.